The Balaban J connectivity index is 0.000000419. The van der Waals surface area contributed by atoms with Crippen LogP contribution in [0.5, 0.6) is 0 Å². The lowest BCUT2D eigenvalue weighted by molar-refractivity contribution is 0.0600. The Morgan fingerprint density at radius 1 is 1.00 bits per heavy atom. The van der Waals surface area contributed by atoms with Gasteiger partial charge in [-0.25, -0.2) is 14.8 Å². The van der Waals surface area contributed by atoms with E-state index < -0.39 is 5.97 Å². The summed E-state index contributed by atoms with van der Waals surface area (Å²) < 4.78 is 4.47. The van der Waals surface area contributed by atoms with Gasteiger partial charge in [0.2, 0.25) is 0 Å². The first kappa shape index (κ1) is 23.0. The minimum Gasteiger partial charge on any atom is -0.465 e. The highest BCUT2D eigenvalue weighted by molar-refractivity contribution is 5.96. The van der Waals surface area contributed by atoms with E-state index in [1.165, 1.54) is 19.4 Å². The molecule has 0 unspecified atom stereocenters. The fraction of sp³-hybridized carbons (Fsp3) is 0.333. The third kappa shape index (κ3) is 9.33. The van der Waals surface area contributed by atoms with E-state index >= 15 is 0 Å². The lowest BCUT2D eigenvalue weighted by atomic mass is 10.1. The Hall–Kier alpha value is -3.00. The second-order valence-corrected chi connectivity index (χ2v) is 5.01. The van der Waals surface area contributed by atoms with Crippen LogP contribution in [0.1, 0.15) is 47.4 Å². The predicted octanol–water partition coefficient (Wildman–Crippen LogP) is 2.06. The van der Waals surface area contributed by atoms with Crippen molar-refractivity contribution in [3.8, 4) is 0 Å². The molecule has 0 saturated heterocycles. The Kier molecular flexibility index (Phi) is 11.8. The van der Waals surface area contributed by atoms with Crippen LogP contribution < -0.4 is 17.2 Å². The number of ether oxygens (including phenoxy) is 1. The van der Waals surface area contributed by atoms with Crippen molar-refractivity contribution >= 4 is 23.4 Å². The number of esters is 1. The molecule has 8 heteroatoms. The summed E-state index contributed by atoms with van der Waals surface area (Å²) in [6, 6.07) is 6.31. The molecular weight excluding hydrogens is 334 g/mol. The highest BCUT2D eigenvalue weighted by Crippen LogP contribution is 2.07. The van der Waals surface area contributed by atoms with Gasteiger partial charge in [0.25, 0.3) is 0 Å². The Labute approximate surface area is 153 Å². The number of nitrogens with two attached hydrogens (primary N) is 3. The molecule has 0 aliphatic heterocycles. The average molecular weight is 361 g/mol. The SMILES string of the molecule is CCCC(=O)c1ccnc(N)c1.CCN.COC(=O)c1ccnc(N)c1. The van der Waals surface area contributed by atoms with E-state index in [2.05, 4.69) is 14.7 Å². The van der Waals surface area contributed by atoms with Gasteiger partial charge < -0.3 is 21.9 Å². The number of aromatic nitrogens is 2. The largest absolute Gasteiger partial charge is 0.465 e. The highest BCUT2D eigenvalue weighted by atomic mass is 16.5. The molecule has 0 aliphatic rings. The number of anilines is 2. The summed E-state index contributed by atoms with van der Waals surface area (Å²) in [5, 5.41) is 0. The average Bonchev–Trinajstić information content (AvgIpc) is 2.62. The van der Waals surface area contributed by atoms with E-state index in [1.54, 1.807) is 24.4 Å². The van der Waals surface area contributed by atoms with Crippen molar-refractivity contribution in [2.45, 2.75) is 26.7 Å². The minimum atomic E-state index is -0.404. The molecule has 2 rings (SSSR count). The zero-order valence-corrected chi connectivity index (χ0v) is 15.4. The third-order valence-electron chi connectivity index (χ3n) is 2.78. The van der Waals surface area contributed by atoms with Gasteiger partial charge in [-0.1, -0.05) is 13.8 Å². The van der Waals surface area contributed by atoms with Gasteiger partial charge in [0.05, 0.1) is 12.7 Å². The summed E-state index contributed by atoms with van der Waals surface area (Å²) in [6.07, 6.45) is 4.45. The van der Waals surface area contributed by atoms with Crippen LogP contribution in [0.25, 0.3) is 0 Å². The number of Topliss-reactive ketones (excluding diaryl/α,β-unsaturated/α-hetero) is 1. The number of hydrogen-bond acceptors (Lipinski definition) is 8. The minimum absolute atomic E-state index is 0.131. The first-order valence-corrected chi connectivity index (χ1v) is 8.14. The van der Waals surface area contributed by atoms with Gasteiger partial charge >= 0.3 is 5.97 Å². The first-order valence-electron chi connectivity index (χ1n) is 8.14. The topological polar surface area (TPSA) is 147 Å². The predicted molar refractivity (Wildman–Crippen MR) is 103 cm³/mol. The van der Waals surface area contributed by atoms with E-state index in [0.29, 0.717) is 29.2 Å². The summed E-state index contributed by atoms with van der Waals surface area (Å²) >= 11 is 0. The number of hydrogen-bond donors (Lipinski definition) is 3. The number of ketones is 1. The van der Waals surface area contributed by atoms with E-state index in [9.17, 15) is 9.59 Å². The summed E-state index contributed by atoms with van der Waals surface area (Å²) in [7, 11) is 1.32. The number of nitrogen functional groups attached to an aromatic ring is 2. The maximum atomic E-state index is 11.3. The van der Waals surface area contributed by atoms with Crippen molar-refractivity contribution < 1.29 is 14.3 Å². The smallest absolute Gasteiger partial charge is 0.338 e. The highest BCUT2D eigenvalue weighted by Gasteiger charge is 2.04. The molecular formula is C18H27N5O3. The molecule has 0 saturated carbocycles. The Bertz CT molecular complexity index is 692. The van der Waals surface area contributed by atoms with Gasteiger partial charge in [-0.15, -0.1) is 0 Å². The summed E-state index contributed by atoms with van der Waals surface area (Å²) in [5.74, 6) is 0.440. The molecule has 2 aromatic heterocycles. The number of rotatable bonds is 4. The van der Waals surface area contributed by atoms with Crippen LogP contribution in [0.15, 0.2) is 36.7 Å². The second-order valence-electron chi connectivity index (χ2n) is 5.01. The van der Waals surface area contributed by atoms with Crippen molar-refractivity contribution in [3.63, 3.8) is 0 Å². The maximum Gasteiger partial charge on any atom is 0.338 e. The molecule has 142 valence electrons. The summed E-state index contributed by atoms with van der Waals surface area (Å²) in [5.41, 5.74) is 16.7. The van der Waals surface area contributed by atoms with Crippen molar-refractivity contribution in [1.29, 1.82) is 0 Å². The fourth-order valence-electron chi connectivity index (χ4n) is 1.69. The van der Waals surface area contributed by atoms with Gasteiger partial charge in [0, 0.05) is 24.4 Å². The monoisotopic (exact) mass is 361 g/mol. The first-order chi connectivity index (χ1) is 12.4. The quantitative estimate of drug-likeness (QED) is 0.553. The summed E-state index contributed by atoms with van der Waals surface area (Å²) in [4.78, 5) is 29.7. The number of carbonyl (C=O) groups is 2. The van der Waals surface area contributed by atoms with E-state index in [0.717, 1.165) is 13.0 Å². The molecule has 0 fully saturated rings. The standard InChI is InChI=1S/C9H12N2O.C7H8N2O2.C2H7N/c1-2-3-8(12)7-4-5-11-9(10)6-7;1-11-7(10)5-2-3-9-6(8)4-5;1-2-3/h4-6H,2-3H2,1H3,(H2,10,11);2-4H,1H3,(H2,8,9);2-3H2,1H3. The number of pyridine rings is 2. The zero-order valence-electron chi connectivity index (χ0n) is 15.4. The molecule has 0 bridgehead atoms. The second kappa shape index (κ2) is 13.3. The van der Waals surface area contributed by atoms with E-state index in [-0.39, 0.29) is 5.78 Å². The van der Waals surface area contributed by atoms with E-state index in [4.69, 9.17) is 17.2 Å². The van der Waals surface area contributed by atoms with Gasteiger partial charge in [0.15, 0.2) is 5.78 Å². The van der Waals surface area contributed by atoms with Crippen LogP contribution in [-0.4, -0.2) is 35.4 Å². The molecule has 2 aromatic rings. The number of nitrogens with zero attached hydrogens (tertiary/aromatic N) is 2. The summed E-state index contributed by atoms with van der Waals surface area (Å²) in [6.45, 7) is 4.63. The van der Waals surface area contributed by atoms with Crippen molar-refractivity contribution in [3.05, 3.63) is 47.8 Å². The van der Waals surface area contributed by atoms with Crippen LogP contribution in [0, 0.1) is 0 Å². The third-order valence-corrected chi connectivity index (χ3v) is 2.78. The molecule has 6 N–H and O–H groups in total. The molecule has 2 heterocycles. The molecule has 0 spiro atoms. The van der Waals surface area contributed by atoms with Gasteiger partial charge in [-0.2, -0.15) is 0 Å². The van der Waals surface area contributed by atoms with Crippen molar-refractivity contribution in [2.75, 3.05) is 25.1 Å². The van der Waals surface area contributed by atoms with Crippen LogP contribution in [-0.2, 0) is 4.74 Å². The fourth-order valence-corrected chi connectivity index (χ4v) is 1.69. The van der Waals surface area contributed by atoms with Gasteiger partial charge in [-0.3, -0.25) is 4.79 Å². The van der Waals surface area contributed by atoms with Crippen LogP contribution >= 0.6 is 0 Å². The zero-order chi connectivity index (χ0) is 19.9. The molecule has 0 radical (unpaired) electrons. The van der Waals surface area contributed by atoms with Crippen LogP contribution in [0.3, 0.4) is 0 Å². The molecule has 26 heavy (non-hydrogen) atoms. The lowest BCUT2D eigenvalue weighted by Crippen LogP contribution is -2.02. The van der Waals surface area contributed by atoms with Crippen LogP contribution in [0.4, 0.5) is 11.6 Å². The number of methoxy groups -OCH3 is 1. The maximum absolute atomic E-state index is 11.3. The van der Waals surface area contributed by atoms with Crippen molar-refractivity contribution in [2.24, 2.45) is 5.73 Å². The van der Waals surface area contributed by atoms with Gasteiger partial charge in [-0.05, 0) is 37.2 Å². The normalized spacial score (nSPS) is 9.08. The molecule has 0 aromatic carbocycles. The van der Waals surface area contributed by atoms with Gasteiger partial charge in [0.1, 0.15) is 11.6 Å². The molecule has 0 atom stereocenters. The molecule has 0 aliphatic carbocycles. The number of carbonyl (C=O) groups excluding carboxylic acids is 2. The van der Waals surface area contributed by atoms with Crippen LogP contribution in [0.2, 0.25) is 0 Å². The Morgan fingerprint density at radius 2 is 1.46 bits per heavy atom. The Morgan fingerprint density at radius 3 is 1.88 bits per heavy atom. The molecule has 8 nitrogen and oxygen atoms in total. The lowest BCUT2D eigenvalue weighted by Gasteiger charge is -1.98. The van der Waals surface area contributed by atoms with Crippen molar-refractivity contribution in [1.82, 2.24) is 9.97 Å². The van der Waals surface area contributed by atoms with E-state index in [1.807, 2.05) is 13.8 Å². The molecule has 0 amide bonds.